The molecule has 0 aromatic carbocycles. The van der Waals surface area contributed by atoms with Crippen LogP contribution in [0, 0.1) is 0 Å². The number of hydrogen-bond acceptors (Lipinski definition) is 5. The molecule has 1 unspecified atom stereocenters. The maximum Gasteiger partial charge on any atom is 0.407 e. The van der Waals surface area contributed by atoms with Crippen molar-refractivity contribution in [2.75, 3.05) is 26.9 Å². The van der Waals surface area contributed by atoms with Crippen LogP contribution in [0.3, 0.4) is 0 Å². The Labute approximate surface area is 146 Å². The van der Waals surface area contributed by atoms with Gasteiger partial charge in [-0.15, -0.1) is 0 Å². The number of alkyl carbamates (subject to hydrolysis) is 1. The second kappa shape index (κ2) is 16.6. The molecule has 1 atom stereocenters. The summed E-state index contributed by atoms with van der Waals surface area (Å²) in [7, 11) is 1.52. The molecule has 0 saturated carbocycles. The van der Waals surface area contributed by atoms with Crippen LogP contribution in [-0.2, 0) is 19.0 Å². The van der Waals surface area contributed by atoms with Crippen molar-refractivity contribution in [1.82, 2.24) is 5.32 Å². The van der Waals surface area contributed by atoms with E-state index in [4.69, 9.17) is 14.2 Å². The van der Waals surface area contributed by atoms with Crippen molar-refractivity contribution in [3.8, 4) is 0 Å². The summed E-state index contributed by atoms with van der Waals surface area (Å²) in [6, 6.07) is -0.710. The first kappa shape index (κ1) is 22.7. The van der Waals surface area contributed by atoms with Gasteiger partial charge in [0.2, 0.25) is 0 Å². The van der Waals surface area contributed by atoms with Crippen LogP contribution < -0.4 is 5.32 Å². The Morgan fingerprint density at radius 2 is 1.42 bits per heavy atom. The number of esters is 1. The third kappa shape index (κ3) is 14.3. The van der Waals surface area contributed by atoms with E-state index in [0.29, 0.717) is 13.2 Å². The van der Waals surface area contributed by atoms with E-state index >= 15 is 0 Å². The minimum Gasteiger partial charge on any atom is -0.464 e. The Hall–Kier alpha value is -1.30. The van der Waals surface area contributed by atoms with Gasteiger partial charge >= 0.3 is 12.1 Å². The molecular formula is C18H35NO5. The molecule has 0 aromatic rings. The number of unbranched alkanes of at least 4 members (excludes halogenated alkanes) is 8. The standard InChI is InChI=1S/C18H35NO5/c1-4-5-6-7-8-9-10-11-12-13-23-17(20)16(2)19-18(21)24-15-14-22-3/h16H,4-15H2,1-3H3,(H,19,21). The summed E-state index contributed by atoms with van der Waals surface area (Å²) in [5.41, 5.74) is 0. The van der Waals surface area contributed by atoms with Crippen molar-refractivity contribution in [2.45, 2.75) is 77.7 Å². The normalized spacial score (nSPS) is 11.8. The van der Waals surface area contributed by atoms with E-state index in [1.165, 1.54) is 52.1 Å². The van der Waals surface area contributed by atoms with Crippen molar-refractivity contribution < 1.29 is 23.8 Å². The molecule has 0 heterocycles. The van der Waals surface area contributed by atoms with E-state index in [-0.39, 0.29) is 6.61 Å². The lowest BCUT2D eigenvalue weighted by atomic mass is 10.1. The average Bonchev–Trinajstić information content (AvgIpc) is 2.56. The lowest BCUT2D eigenvalue weighted by Gasteiger charge is -2.13. The summed E-state index contributed by atoms with van der Waals surface area (Å²) in [4.78, 5) is 23.1. The van der Waals surface area contributed by atoms with Crippen LogP contribution in [0.4, 0.5) is 4.79 Å². The van der Waals surface area contributed by atoms with Gasteiger partial charge in [-0.3, -0.25) is 0 Å². The van der Waals surface area contributed by atoms with Crippen molar-refractivity contribution >= 4 is 12.1 Å². The van der Waals surface area contributed by atoms with Gasteiger partial charge in [0.1, 0.15) is 12.6 Å². The van der Waals surface area contributed by atoms with Crippen molar-refractivity contribution in [1.29, 1.82) is 0 Å². The number of hydrogen-bond donors (Lipinski definition) is 1. The maximum absolute atomic E-state index is 11.7. The molecule has 0 rings (SSSR count). The number of amides is 1. The Balaban J connectivity index is 3.49. The molecule has 0 aliphatic heterocycles. The highest BCUT2D eigenvalue weighted by Crippen LogP contribution is 2.09. The number of rotatable bonds is 15. The molecule has 0 aromatic heterocycles. The monoisotopic (exact) mass is 345 g/mol. The van der Waals surface area contributed by atoms with Crippen molar-refractivity contribution in [3.63, 3.8) is 0 Å². The van der Waals surface area contributed by atoms with Crippen LogP contribution in [0.25, 0.3) is 0 Å². The van der Waals surface area contributed by atoms with Gasteiger partial charge in [0, 0.05) is 7.11 Å². The topological polar surface area (TPSA) is 73.9 Å². The van der Waals surface area contributed by atoms with Crippen molar-refractivity contribution in [3.05, 3.63) is 0 Å². The highest BCUT2D eigenvalue weighted by Gasteiger charge is 2.17. The minimum atomic E-state index is -0.710. The molecule has 24 heavy (non-hydrogen) atoms. The lowest BCUT2D eigenvalue weighted by Crippen LogP contribution is -2.40. The summed E-state index contributed by atoms with van der Waals surface area (Å²) in [5, 5.41) is 2.43. The second-order valence-corrected chi connectivity index (χ2v) is 5.99. The van der Waals surface area contributed by atoms with Gasteiger partial charge in [-0.1, -0.05) is 58.3 Å². The largest absolute Gasteiger partial charge is 0.464 e. The van der Waals surface area contributed by atoms with Gasteiger partial charge < -0.3 is 19.5 Å². The van der Waals surface area contributed by atoms with E-state index in [0.717, 1.165) is 12.8 Å². The number of ether oxygens (including phenoxy) is 3. The molecule has 6 heteroatoms. The molecule has 0 saturated heterocycles. The zero-order chi connectivity index (χ0) is 18.0. The predicted octanol–water partition coefficient (Wildman–Crippen LogP) is 3.82. The molecule has 0 spiro atoms. The first-order chi connectivity index (χ1) is 11.6. The number of carbonyl (C=O) groups excluding carboxylic acids is 2. The molecule has 142 valence electrons. The Bertz CT molecular complexity index is 323. The van der Waals surface area contributed by atoms with Crippen LogP contribution in [0.1, 0.15) is 71.6 Å². The quantitative estimate of drug-likeness (QED) is 0.361. The third-order valence-corrected chi connectivity index (χ3v) is 3.70. The highest BCUT2D eigenvalue weighted by atomic mass is 16.6. The summed E-state index contributed by atoms with van der Waals surface area (Å²) in [5.74, 6) is -0.432. The SMILES string of the molecule is CCCCCCCCCCCOC(=O)C(C)NC(=O)OCCOC. The number of nitrogens with one attached hydrogen (secondary N) is 1. The molecule has 0 aliphatic carbocycles. The van der Waals surface area contributed by atoms with Crippen molar-refractivity contribution in [2.24, 2.45) is 0 Å². The molecule has 1 amide bonds. The average molecular weight is 345 g/mol. The molecular weight excluding hydrogens is 310 g/mol. The van der Waals surface area contributed by atoms with Gasteiger partial charge in [-0.05, 0) is 13.3 Å². The fourth-order valence-electron chi connectivity index (χ4n) is 2.21. The van der Waals surface area contributed by atoms with Gasteiger partial charge in [0.05, 0.1) is 13.2 Å². The van der Waals surface area contributed by atoms with Crippen LogP contribution in [-0.4, -0.2) is 45.0 Å². The second-order valence-electron chi connectivity index (χ2n) is 5.99. The fourth-order valence-corrected chi connectivity index (χ4v) is 2.21. The summed E-state index contributed by atoms with van der Waals surface area (Å²) < 4.78 is 14.7. The van der Waals surface area contributed by atoms with E-state index in [9.17, 15) is 9.59 Å². The van der Waals surface area contributed by atoms with Crippen LogP contribution in [0.2, 0.25) is 0 Å². The van der Waals surface area contributed by atoms with E-state index in [2.05, 4.69) is 12.2 Å². The summed E-state index contributed by atoms with van der Waals surface area (Å²) in [6.45, 7) is 4.69. The molecule has 0 fully saturated rings. The van der Waals surface area contributed by atoms with E-state index < -0.39 is 18.1 Å². The third-order valence-electron chi connectivity index (χ3n) is 3.70. The smallest absolute Gasteiger partial charge is 0.407 e. The highest BCUT2D eigenvalue weighted by molar-refractivity contribution is 5.80. The molecule has 6 nitrogen and oxygen atoms in total. The predicted molar refractivity (Wildman–Crippen MR) is 94.0 cm³/mol. The zero-order valence-electron chi connectivity index (χ0n) is 15.6. The van der Waals surface area contributed by atoms with Gasteiger partial charge in [-0.2, -0.15) is 0 Å². The maximum atomic E-state index is 11.7. The minimum absolute atomic E-state index is 0.155. The summed E-state index contributed by atoms with van der Waals surface area (Å²) >= 11 is 0. The van der Waals surface area contributed by atoms with Crippen LogP contribution in [0.15, 0.2) is 0 Å². The Morgan fingerprint density at radius 1 is 0.833 bits per heavy atom. The Kier molecular flexibility index (Phi) is 15.7. The first-order valence-corrected chi connectivity index (χ1v) is 9.20. The fraction of sp³-hybridized carbons (Fsp3) is 0.889. The Morgan fingerprint density at radius 3 is 2.00 bits per heavy atom. The van der Waals surface area contributed by atoms with Crippen LogP contribution in [0.5, 0.6) is 0 Å². The molecule has 0 aliphatic rings. The lowest BCUT2D eigenvalue weighted by molar-refractivity contribution is -0.145. The molecule has 0 bridgehead atoms. The number of methoxy groups -OCH3 is 1. The van der Waals surface area contributed by atoms with Gasteiger partial charge in [0.15, 0.2) is 0 Å². The first-order valence-electron chi connectivity index (χ1n) is 9.20. The number of carbonyl (C=O) groups is 2. The van der Waals surface area contributed by atoms with Gasteiger partial charge in [0.25, 0.3) is 0 Å². The zero-order valence-corrected chi connectivity index (χ0v) is 15.6. The molecule has 1 N–H and O–H groups in total. The molecule has 0 radical (unpaired) electrons. The van der Waals surface area contributed by atoms with E-state index in [1.807, 2.05) is 0 Å². The summed E-state index contributed by atoms with van der Waals surface area (Å²) in [6.07, 6.45) is 10.3. The van der Waals surface area contributed by atoms with Gasteiger partial charge in [-0.25, -0.2) is 9.59 Å². The van der Waals surface area contributed by atoms with E-state index in [1.54, 1.807) is 6.92 Å². The van der Waals surface area contributed by atoms with Crippen LogP contribution >= 0.6 is 0 Å².